The molecule has 4 unspecified atom stereocenters. The maximum atomic E-state index is 12.6. The third-order valence-electron chi connectivity index (χ3n) is 5.87. The zero-order chi connectivity index (χ0) is 15.1. The first kappa shape index (κ1) is 15.4. The molecule has 1 amide bonds. The van der Waals surface area contributed by atoms with Gasteiger partial charge in [0.25, 0.3) is 0 Å². The number of nitrogens with zero attached hydrogens (tertiary/aromatic N) is 1. The molecule has 0 saturated heterocycles. The molecule has 5 heteroatoms. The number of rotatable bonds is 5. The molecule has 0 aromatic carbocycles. The van der Waals surface area contributed by atoms with Crippen LogP contribution in [0.25, 0.3) is 0 Å². The van der Waals surface area contributed by atoms with Gasteiger partial charge in [-0.3, -0.25) is 9.59 Å². The van der Waals surface area contributed by atoms with Crippen molar-refractivity contribution in [3.05, 3.63) is 0 Å². The van der Waals surface area contributed by atoms with Gasteiger partial charge in [0.05, 0.1) is 6.54 Å². The average molecular weight is 282 g/mol. The van der Waals surface area contributed by atoms with Crippen LogP contribution in [-0.2, 0) is 9.59 Å². The number of aliphatic hydroxyl groups excluding tert-OH is 1. The molecule has 0 heterocycles. The standard InChI is InChI=1S/C15H26N2O3/c1-14-6-5-11(15(14,2)9-18)10(13(14)20)7-16-8-12(19)17(3)4/h10-11,16,18H,5-9H2,1-4H3. The molecule has 0 spiro atoms. The van der Waals surface area contributed by atoms with Crippen molar-refractivity contribution in [3.8, 4) is 0 Å². The Morgan fingerprint density at radius 1 is 1.45 bits per heavy atom. The van der Waals surface area contributed by atoms with E-state index >= 15 is 0 Å². The van der Waals surface area contributed by atoms with Gasteiger partial charge < -0.3 is 15.3 Å². The van der Waals surface area contributed by atoms with Crippen molar-refractivity contribution in [3.63, 3.8) is 0 Å². The Hall–Kier alpha value is -0.940. The topological polar surface area (TPSA) is 69.6 Å². The second kappa shape index (κ2) is 5.11. The summed E-state index contributed by atoms with van der Waals surface area (Å²) in [4.78, 5) is 25.7. The summed E-state index contributed by atoms with van der Waals surface area (Å²) in [6, 6.07) is 0. The van der Waals surface area contributed by atoms with E-state index < -0.39 is 5.41 Å². The van der Waals surface area contributed by atoms with E-state index in [1.165, 1.54) is 4.90 Å². The molecular formula is C15H26N2O3. The highest BCUT2D eigenvalue weighted by atomic mass is 16.3. The zero-order valence-electron chi connectivity index (χ0n) is 12.9. The van der Waals surface area contributed by atoms with Crippen LogP contribution in [-0.4, -0.2) is 55.5 Å². The number of amides is 1. The van der Waals surface area contributed by atoms with Crippen LogP contribution in [0.2, 0.25) is 0 Å². The highest BCUT2D eigenvalue weighted by molar-refractivity contribution is 5.92. The van der Waals surface area contributed by atoms with Crippen molar-refractivity contribution in [1.29, 1.82) is 0 Å². The summed E-state index contributed by atoms with van der Waals surface area (Å²) in [5.41, 5.74) is -0.702. The van der Waals surface area contributed by atoms with Crippen molar-refractivity contribution < 1.29 is 14.7 Å². The molecule has 0 aromatic rings. The summed E-state index contributed by atoms with van der Waals surface area (Å²) >= 11 is 0. The summed E-state index contributed by atoms with van der Waals surface area (Å²) in [6.45, 7) is 4.89. The Balaban J connectivity index is 2.01. The van der Waals surface area contributed by atoms with Crippen LogP contribution in [0.4, 0.5) is 0 Å². The van der Waals surface area contributed by atoms with Crippen molar-refractivity contribution in [1.82, 2.24) is 10.2 Å². The highest BCUT2D eigenvalue weighted by Crippen LogP contribution is 2.65. The minimum absolute atomic E-state index is 0.0109. The Labute approximate surface area is 120 Å². The van der Waals surface area contributed by atoms with Gasteiger partial charge in [-0.2, -0.15) is 0 Å². The first-order chi connectivity index (χ1) is 9.28. The quantitative estimate of drug-likeness (QED) is 0.760. The van der Waals surface area contributed by atoms with Crippen molar-refractivity contribution in [2.45, 2.75) is 26.7 Å². The fraction of sp³-hybridized carbons (Fsp3) is 0.867. The summed E-state index contributed by atoms with van der Waals surface area (Å²) < 4.78 is 0. The monoisotopic (exact) mass is 282 g/mol. The lowest BCUT2D eigenvalue weighted by Crippen LogP contribution is -2.40. The van der Waals surface area contributed by atoms with Crippen molar-refractivity contribution >= 4 is 11.7 Å². The molecule has 20 heavy (non-hydrogen) atoms. The first-order valence-electron chi connectivity index (χ1n) is 7.34. The van der Waals surface area contributed by atoms with Crippen LogP contribution >= 0.6 is 0 Å². The maximum Gasteiger partial charge on any atom is 0.236 e. The van der Waals surface area contributed by atoms with Crippen LogP contribution in [0.1, 0.15) is 26.7 Å². The zero-order valence-corrected chi connectivity index (χ0v) is 12.9. The molecule has 2 bridgehead atoms. The second-order valence-corrected chi connectivity index (χ2v) is 6.94. The van der Waals surface area contributed by atoms with E-state index in [0.717, 1.165) is 12.8 Å². The Kier molecular flexibility index (Phi) is 3.95. The van der Waals surface area contributed by atoms with Gasteiger partial charge in [0.15, 0.2) is 0 Å². The SMILES string of the molecule is CN(C)C(=O)CNCC1C(=O)C2(C)CCC1C2(C)CO. The summed E-state index contributed by atoms with van der Waals surface area (Å²) in [5.74, 6) is 0.430. The van der Waals surface area contributed by atoms with Crippen molar-refractivity contribution in [2.75, 3.05) is 33.8 Å². The van der Waals surface area contributed by atoms with E-state index in [1.807, 2.05) is 13.8 Å². The molecule has 2 rings (SSSR count). The lowest BCUT2D eigenvalue weighted by atomic mass is 9.69. The van der Waals surface area contributed by atoms with Crippen LogP contribution in [0.5, 0.6) is 0 Å². The summed E-state index contributed by atoms with van der Waals surface area (Å²) in [5, 5.41) is 12.9. The number of ketones is 1. The molecule has 0 aromatic heterocycles. The molecule has 5 nitrogen and oxygen atoms in total. The third-order valence-corrected chi connectivity index (χ3v) is 5.87. The molecule has 2 saturated carbocycles. The molecule has 0 aliphatic heterocycles. The van der Waals surface area contributed by atoms with E-state index in [9.17, 15) is 14.7 Å². The normalized spacial score (nSPS) is 39.4. The van der Waals surface area contributed by atoms with Gasteiger partial charge in [-0.15, -0.1) is 0 Å². The average Bonchev–Trinajstić information content (AvgIpc) is 2.75. The van der Waals surface area contributed by atoms with Crippen LogP contribution in [0.3, 0.4) is 0 Å². The lowest BCUT2D eigenvalue weighted by Gasteiger charge is -2.34. The summed E-state index contributed by atoms with van der Waals surface area (Å²) in [6.07, 6.45) is 1.87. The lowest BCUT2D eigenvalue weighted by molar-refractivity contribution is -0.133. The Morgan fingerprint density at radius 2 is 2.10 bits per heavy atom. The molecule has 2 aliphatic carbocycles. The van der Waals surface area contributed by atoms with Gasteiger partial charge in [0.1, 0.15) is 5.78 Å². The minimum atomic E-state index is -0.398. The van der Waals surface area contributed by atoms with Crippen LogP contribution in [0.15, 0.2) is 0 Å². The van der Waals surface area contributed by atoms with Gasteiger partial charge in [0.2, 0.25) is 5.91 Å². The number of carbonyl (C=O) groups excluding carboxylic acids is 2. The van der Waals surface area contributed by atoms with Gasteiger partial charge >= 0.3 is 0 Å². The summed E-state index contributed by atoms with van der Waals surface area (Å²) in [7, 11) is 3.44. The molecule has 0 radical (unpaired) electrons. The number of likely N-dealkylation sites (N-methyl/N-ethyl adjacent to an activating group) is 1. The Morgan fingerprint density at radius 3 is 2.60 bits per heavy atom. The predicted molar refractivity (Wildman–Crippen MR) is 76.1 cm³/mol. The van der Waals surface area contributed by atoms with Gasteiger partial charge in [-0.1, -0.05) is 13.8 Å². The number of Topliss-reactive ketones (excluding diaryl/α,β-unsaturated/α-hetero) is 1. The Bertz CT molecular complexity index is 423. The molecule has 114 valence electrons. The highest BCUT2D eigenvalue weighted by Gasteiger charge is 2.67. The minimum Gasteiger partial charge on any atom is -0.396 e. The second-order valence-electron chi connectivity index (χ2n) is 6.94. The fourth-order valence-electron chi connectivity index (χ4n) is 4.12. The van der Waals surface area contributed by atoms with Gasteiger partial charge in [-0.25, -0.2) is 0 Å². The number of hydrogen-bond donors (Lipinski definition) is 2. The van der Waals surface area contributed by atoms with E-state index in [4.69, 9.17) is 0 Å². The molecule has 4 atom stereocenters. The largest absolute Gasteiger partial charge is 0.396 e. The fourth-order valence-corrected chi connectivity index (χ4v) is 4.12. The van der Waals surface area contributed by atoms with E-state index in [-0.39, 0.29) is 42.1 Å². The predicted octanol–water partition coefficient (Wildman–Crippen LogP) is 0.278. The molecule has 2 N–H and O–H groups in total. The first-order valence-corrected chi connectivity index (χ1v) is 7.34. The maximum absolute atomic E-state index is 12.6. The molecule has 2 fully saturated rings. The molecule has 2 aliphatic rings. The number of aliphatic hydroxyl groups is 1. The van der Waals surface area contributed by atoms with Crippen LogP contribution in [0, 0.1) is 22.7 Å². The van der Waals surface area contributed by atoms with E-state index in [2.05, 4.69) is 5.32 Å². The van der Waals surface area contributed by atoms with E-state index in [0.29, 0.717) is 6.54 Å². The number of fused-ring (bicyclic) bond motifs is 2. The van der Waals surface area contributed by atoms with E-state index in [1.54, 1.807) is 14.1 Å². The number of carbonyl (C=O) groups is 2. The molecular weight excluding hydrogens is 256 g/mol. The van der Waals surface area contributed by atoms with Crippen LogP contribution < -0.4 is 5.32 Å². The number of hydrogen-bond acceptors (Lipinski definition) is 4. The van der Waals surface area contributed by atoms with Gasteiger partial charge in [-0.05, 0) is 18.8 Å². The van der Waals surface area contributed by atoms with Crippen molar-refractivity contribution in [2.24, 2.45) is 22.7 Å². The third kappa shape index (κ3) is 1.99. The number of nitrogens with one attached hydrogen (secondary N) is 1. The smallest absolute Gasteiger partial charge is 0.236 e. The van der Waals surface area contributed by atoms with Gasteiger partial charge in [0, 0.05) is 44.0 Å².